The molecule has 3 heterocycles. The maximum atomic E-state index is 13.1. The molecule has 7 nitrogen and oxygen atoms in total. The van der Waals surface area contributed by atoms with Crippen LogP contribution in [0.4, 0.5) is 10.5 Å². The van der Waals surface area contributed by atoms with Crippen molar-refractivity contribution in [2.24, 2.45) is 0 Å². The molecule has 0 saturated carbocycles. The van der Waals surface area contributed by atoms with E-state index in [-0.39, 0.29) is 11.8 Å². The van der Waals surface area contributed by atoms with Crippen LogP contribution < -0.4 is 10.2 Å². The van der Waals surface area contributed by atoms with E-state index in [1.54, 1.807) is 35.2 Å². The number of likely N-dealkylation sites (tertiary alicyclic amines) is 1. The molecule has 31 heavy (non-hydrogen) atoms. The number of H-pyrrole nitrogens is 1. The fourth-order valence-corrected chi connectivity index (χ4v) is 4.43. The fraction of sp³-hybridized carbons (Fsp3) is 0.208. The van der Waals surface area contributed by atoms with Gasteiger partial charge in [0.05, 0.1) is 5.69 Å². The third kappa shape index (κ3) is 2.96. The van der Waals surface area contributed by atoms with Crippen molar-refractivity contribution in [1.29, 1.82) is 0 Å². The molecule has 2 N–H and O–H groups in total. The summed E-state index contributed by atoms with van der Waals surface area (Å²) in [7, 11) is 0. The highest BCUT2D eigenvalue weighted by Gasteiger charge is 2.53. The standard InChI is InChI=1S/C24H20N4O3/c1-2-16-7-6-10-19-18(16)15-20(25-19)21(29)27-13-11-24(12-14-27)22(30)28(23(31)26-24)17-8-4-3-5-9-17/h1,3-10,15,25H,11-14H2,(H,26,31). The lowest BCUT2D eigenvalue weighted by molar-refractivity contribution is -0.123. The predicted octanol–water partition coefficient (Wildman–Crippen LogP) is 2.88. The lowest BCUT2D eigenvalue weighted by Crippen LogP contribution is -2.56. The number of aromatic nitrogens is 1. The minimum absolute atomic E-state index is 0.147. The number of nitrogens with zero attached hydrogens (tertiary/aromatic N) is 2. The smallest absolute Gasteiger partial charge is 0.329 e. The third-order valence-electron chi connectivity index (χ3n) is 6.13. The minimum atomic E-state index is -0.971. The molecule has 0 atom stereocenters. The Labute approximate surface area is 179 Å². The average molecular weight is 412 g/mol. The van der Waals surface area contributed by atoms with Crippen LogP contribution in [0, 0.1) is 12.3 Å². The van der Waals surface area contributed by atoms with Gasteiger partial charge in [0.25, 0.3) is 11.8 Å². The number of nitrogens with one attached hydrogen (secondary N) is 2. The molecule has 2 aliphatic rings. The van der Waals surface area contributed by atoms with Gasteiger partial charge in [-0.05, 0) is 43.2 Å². The Bertz CT molecular complexity index is 1250. The largest absolute Gasteiger partial charge is 0.350 e. The number of imide groups is 1. The van der Waals surface area contributed by atoms with Gasteiger partial charge < -0.3 is 15.2 Å². The van der Waals surface area contributed by atoms with Crippen molar-refractivity contribution < 1.29 is 14.4 Å². The van der Waals surface area contributed by atoms with Crippen LogP contribution in [0.5, 0.6) is 0 Å². The van der Waals surface area contributed by atoms with Crippen LogP contribution in [0.3, 0.4) is 0 Å². The molecular weight excluding hydrogens is 392 g/mol. The third-order valence-corrected chi connectivity index (χ3v) is 6.13. The summed E-state index contributed by atoms with van der Waals surface area (Å²) in [6.45, 7) is 0.732. The highest BCUT2D eigenvalue weighted by Crippen LogP contribution is 2.33. The number of terminal acetylenes is 1. The van der Waals surface area contributed by atoms with Crippen molar-refractivity contribution in [3.05, 3.63) is 65.9 Å². The lowest BCUT2D eigenvalue weighted by Gasteiger charge is -2.37. The second-order valence-electron chi connectivity index (χ2n) is 7.87. The van der Waals surface area contributed by atoms with Gasteiger partial charge in [0.2, 0.25) is 0 Å². The van der Waals surface area contributed by atoms with E-state index in [2.05, 4.69) is 16.2 Å². The summed E-state index contributed by atoms with van der Waals surface area (Å²) in [6, 6.07) is 15.8. The number of piperidine rings is 1. The van der Waals surface area contributed by atoms with Gasteiger partial charge in [-0.1, -0.05) is 30.2 Å². The summed E-state index contributed by atoms with van der Waals surface area (Å²) < 4.78 is 0. The van der Waals surface area contributed by atoms with Gasteiger partial charge in [-0.3, -0.25) is 9.59 Å². The van der Waals surface area contributed by atoms with Crippen molar-refractivity contribution in [2.45, 2.75) is 18.4 Å². The van der Waals surface area contributed by atoms with Crippen LogP contribution in [-0.2, 0) is 4.79 Å². The van der Waals surface area contributed by atoms with Crippen LogP contribution in [0.2, 0.25) is 0 Å². The molecule has 0 aliphatic carbocycles. The Morgan fingerprint density at radius 3 is 2.48 bits per heavy atom. The topological polar surface area (TPSA) is 85.5 Å². The van der Waals surface area contributed by atoms with Gasteiger partial charge in [0, 0.05) is 29.6 Å². The zero-order chi connectivity index (χ0) is 21.6. The average Bonchev–Trinajstić information content (AvgIpc) is 3.33. The Morgan fingerprint density at radius 2 is 1.77 bits per heavy atom. The molecule has 5 rings (SSSR count). The van der Waals surface area contributed by atoms with Crippen LogP contribution in [0.15, 0.2) is 54.6 Å². The molecule has 0 unspecified atom stereocenters. The second-order valence-corrected chi connectivity index (χ2v) is 7.87. The number of hydrogen-bond donors (Lipinski definition) is 2. The number of benzene rings is 2. The number of carbonyl (C=O) groups excluding carboxylic acids is 3. The second kappa shape index (κ2) is 7.03. The maximum Gasteiger partial charge on any atom is 0.329 e. The van der Waals surface area contributed by atoms with Gasteiger partial charge in [-0.15, -0.1) is 6.42 Å². The van der Waals surface area contributed by atoms with E-state index in [9.17, 15) is 14.4 Å². The number of para-hydroxylation sites is 1. The van der Waals surface area contributed by atoms with E-state index < -0.39 is 11.6 Å². The van der Waals surface area contributed by atoms with Crippen molar-refractivity contribution in [2.75, 3.05) is 18.0 Å². The Morgan fingerprint density at radius 1 is 1.03 bits per heavy atom. The minimum Gasteiger partial charge on any atom is -0.350 e. The SMILES string of the molecule is C#Cc1cccc2[nH]c(C(=O)N3CCC4(CC3)NC(=O)N(c3ccccc3)C4=O)cc12. The first-order chi connectivity index (χ1) is 15.0. The molecule has 4 amide bonds. The van der Waals surface area contributed by atoms with E-state index in [1.165, 1.54) is 4.90 Å². The fourth-order valence-electron chi connectivity index (χ4n) is 4.43. The van der Waals surface area contributed by atoms with Gasteiger partial charge >= 0.3 is 6.03 Å². The number of anilines is 1. The van der Waals surface area contributed by atoms with E-state index in [4.69, 9.17) is 6.42 Å². The van der Waals surface area contributed by atoms with Crippen molar-refractivity contribution in [3.63, 3.8) is 0 Å². The van der Waals surface area contributed by atoms with Crippen molar-refractivity contribution >= 4 is 34.4 Å². The quantitative estimate of drug-likeness (QED) is 0.501. The maximum absolute atomic E-state index is 13.1. The number of hydrogen-bond acceptors (Lipinski definition) is 3. The van der Waals surface area contributed by atoms with Gasteiger partial charge in [0.15, 0.2) is 0 Å². The van der Waals surface area contributed by atoms with Gasteiger partial charge in [-0.2, -0.15) is 0 Å². The first kappa shape index (κ1) is 18.9. The first-order valence-corrected chi connectivity index (χ1v) is 10.1. The van der Waals surface area contributed by atoms with Gasteiger partial charge in [0.1, 0.15) is 11.2 Å². The number of aromatic amines is 1. The van der Waals surface area contributed by atoms with Crippen molar-refractivity contribution in [1.82, 2.24) is 15.2 Å². The molecule has 0 radical (unpaired) electrons. The van der Waals surface area contributed by atoms with Crippen LogP contribution in [0.25, 0.3) is 10.9 Å². The number of urea groups is 1. The number of rotatable bonds is 2. The molecule has 0 bridgehead atoms. The molecule has 1 aromatic heterocycles. The highest BCUT2D eigenvalue weighted by molar-refractivity contribution is 6.23. The molecule has 1 spiro atoms. The van der Waals surface area contributed by atoms with E-state index in [0.29, 0.717) is 37.3 Å². The Balaban J connectivity index is 1.34. The lowest BCUT2D eigenvalue weighted by atomic mass is 9.87. The van der Waals surface area contributed by atoms with Crippen LogP contribution in [0.1, 0.15) is 28.9 Å². The summed E-state index contributed by atoms with van der Waals surface area (Å²) in [4.78, 5) is 44.8. The Kier molecular flexibility index (Phi) is 4.29. The molecule has 7 heteroatoms. The number of fused-ring (bicyclic) bond motifs is 1. The van der Waals surface area contributed by atoms with Crippen LogP contribution in [-0.4, -0.2) is 46.4 Å². The van der Waals surface area contributed by atoms with E-state index in [0.717, 1.165) is 16.5 Å². The van der Waals surface area contributed by atoms with Crippen LogP contribution >= 0.6 is 0 Å². The molecular formula is C24H20N4O3. The summed E-state index contributed by atoms with van der Waals surface area (Å²) >= 11 is 0. The van der Waals surface area contributed by atoms with Gasteiger partial charge in [-0.25, -0.2) is 9.69 Å². The molecule has 2 aromatic carbocycles. The molecule has 2 fully saturated rings. The summed E-state index contributed by atoms with van der Waals surface area (Å²) in [5, 5.41) is 3.70. The molecule has 2 saturated heterocycles. The normalized spacial score (nSPS) is 17.8. The zero-order valence-corrected chi connectivity index (χ0v) is 16.7. The van der Waals surface area contributed by atoms with Crippen molar-refractivity contribution in [3.8, 4) is 12.3 Å². The summed E-state index contributed by atoms with van der Waals surface area (Å²) in [5.74, 6) is 2.22. The number of amides is 4. The summed E-state index contributed by atoms with van der Waals surface area (Å²) in [6.07, 6.45) is 6.29. The molecule has 3 aromatic rings. The highest BCUT2D eigenvalue weighted by atomic mass is 16.2. The van der Waals surface area contributed by atoms with E-state index in [1.807, 2.05) is 24.3 Å². The predicted molar refractivity (Wildman–Crippen MR) is 117 cm³/mol. The summed E-state index contributed by atoms with van der Waals surface area (Å²) in [5.41, 5.74) is 1.57. The molecule has 154 valence electrons. The molecule has 2 aliphatic heterocycles. The number of carbonyl (C=O) groups is 3. The Hall–Kier alpha value is -4.05. The zero-order valence-electron chi connectivity index (χ0n) is 16.7. The van der Waals surface area contributed by atoms with E-state index >= 15 is 0 Å². The first-order valence-electron chi connectivity index (χ1n) is 10.1. The monoisotopic (exact) mass is 412 g/mol.